The molecule has 8 heteroatoms. The van der Waals surface area contributed by atoms with Crippen molar-refractivity contribution in [1.29, 1.82) is 0 Å². The lowest BCUT2D eigenvalue weighted by atomic mass is 10.0. The summed E-state index contributed by atoms with van der Waals surface area (Å²) in [5.41, 5.74) is 0.528. The second-order valence-electron chi connectivity index (χ2n) is 7.28. The third kappa shape index (κ3) is 4.00. The van der Waals surface area contributed by atoms with Crippen molar-refractivity contribution < 1.29 is 8.78 Å². The van der Waals surface area contributed by atoms with Gasteiger partial charge in [-0.3, -0.25) is 9.58 Å². The molecule has 0 spiro atoms. The van der Waals surface area contributed by atoms with Crippen LogP contribution in [0.2, 0.25) is 0 Å². The molecular formula is C18H24F2N6. The molecular weight excluding hydrogens is 338 g/mol. The van der Waals surface area contributed by atoms with Gasteiger partial charge in [0.15, 0.2) is 0 Å². The molecule has 1 saturated heterocycles. The summed E-state index contributed by atoms with van der Waals surface area (Å²) in [6.45, 7) is 2.27. The molecule has 1 aliphatic heterocycles. The molecule has 1 saturated carbocycles. The first-order valence-electron chi connectivity index (χ1n) is 9.21. The van der Waals surface area contributed by atoms with E-state index in [1.165, 1.54) is 17.5 Å². The Bertz CT molecular complexity index is 750. The molecule has 2 aromatic heterocycles. The highest BCUT2D eigenvalue weighted by molar-refractivity contribution is 5.35. The highest BCUT2D eigenvalue weighted by atomic mass is 19.3. The van der Waals surface area contributed by atoms with Crippen molar-refractivity contribution in [2.24, 2.45) is 7.05 Å². The van der Waals surface area contributed by atoms with Gasteiger partial charge in [-0.25, -0.2) is 18.7 Å². The fourth-order valence-corrected chi connectivity index (χ4v) is 3.54. The Morgan fingerprint density at radius 1 is 1.23 bits per heavy atom. The van der Waals surface area contributed by atoms with E-state index in [1.54, 1.807) is 13.2 Å². The minimum Gasteiger partial charge on any atom is -0.367 e. The number of anilines is 1. The van der Waals surface area contributed by atoms with Crippen LogP contribution in [0.25, 0.3) is 0 Å². The number of nitrogens with zero attached hydrogens (tertiary/aromatic N) is 5. The topological polar surface area (TPSA) is 58.9 Å². The van der Waals surface area contributed by atoms with Crippen LogP contribution in [0.15, 0.2) is 18.5 Å². The number of alkyl halides is 2. The lowest BCUT2D eigenvalue weighted by Crippen LogP contribution is -2.39. The van der Waals surface area contributed by atoms with E-state index in [4.69, 9.17) is 0 Å². The molecule has 2 aliphatic rings. The summed E-state index contributed by atoms with van der Waals surface area (Å²) in [5.74, 6) is 2.39. The standard InChI is InChI=1S/C18H24F2N6/c1-25-10-13(16(24-25)17(19)20)11-26-8-5-14(6-9-26)22-15-4-7-21-18(23-15)12-2-3-12/h4,7,10,12,14,17H,2-3,5-6,8-9,11H2,1H3,(H,21,22,23). The van der Waals surface area contributed by atoms with Crippen molar-refractivity contribution in [3.63, 3.8) is 0 Å². The highest BCUT2D eigenvalue weighted by Crippen LogP contribution is 2.38. The summed E-state index contributed by atoms with van der Waals surface area (Å²) >= 11 is 0. The second kappa shape index (κ2) is 7.26. The molecule has 1 aliphatic carbocycles. The smallest absolute Gasteiger partial charge is 0.282 e. The van der Waals surface area contributed by atoms with Gasteiger partial charge in [0.05, 0.1) is 0 Å². The molecule has 2 aromatic rings. The maximum atomic E-state index is 13.1. The number of piperidine rings is 1. The summed E-state index contributed by atoms with van der Waals surface area (Å²) in [6.07, 6.45) is 5.32. The number of halogens is 2. The molecule has 0 aromatic carbocycles. The maximum absolute atomic E-state index is 13.1. The maximum Gasteiger partial charge on any atom is 0.282 e. The molecule has 140 valence electrons. The molecule has 0 atom stereocenters. The Hall–Kier alpha value is -2.09. The first-order valence-corrected chi connectivity index (χ1v) is 9.21. The first-order chi connectivity index (χ1) is 12.6. The van der Waals surface area contributed by atoms with E-state index in [-0.39, 0.29) is 5.69 Å². The van der Waals surface area contributed by atoms with Gasteiger partial charge in [-0.1, -0.05) is 0 Å². The fraction of sp³-hybridized carbons (Fsp3) is 0.611. The average molecular weight is 362 g/mol. The van der Waals surface area contributed by atoms with E-state index in [9.17, 15) is 8.78 Å². The van der Waals surface area contributed by atoms with Crippen LogP contribution in [-0.2, 0) is 13.6 Å². The van der Waals surface area contributed by atoms with E-state index in [1.807, 2.05) is 12.3 Å². The van der Waals surface area contributed by atoms with Crippen molar-refractivity contribution >= 4 is 5.82 Å². The van der Waals surface area contributed by atoms with Crippen LogP contribution in [0.3, 0.4) is 0 Å². The van der Waals surface area contributed by atoms with Gasteiger partial charge in [0.2, 0.25) is 0 Å². The summed E-state index contributed by atoms with van der Waals surface area (Å²) in [5, 5.41) is 7.40. The minimum absolute atomic E-state index is 0.0960. The van der Waals surface area contributed by atoms with Crippen LogP contribution in [0.5, 0.6) is 0 Å². The zero-order chi connectivity index (χ0) is 18.1. The monoisotopic (exact) mass is 362 g/mol. The predicted molar refractivity (Wildman–Crippen MR) is 94.1 cm³/mol. The average Bonchev–Trinajstić information content (AvgIpc) is 3.40. The van der Waals surface area contributed by atoms with Crippen LogP contribution in [-0.4, -0.2) is 43.8 Å². The Balaban J connectivity index is 1.31. The van der Waals surface area contributed by atoms with Gasteiger partial charge in [0.25, 0.3) is 6.43 Å². The van der Waals surface area contributed by atoms with Crippen LogP contribution in [0, 0.1) is 0 Å². The Morgan fingerprint density at radius 2 is 2.00 bits per heavy atom. The predicted octanol–water partition coefficient (Wildman–Crippen LogP) is 3.10. The Labute approximate surface area is 151 Å². The van der Waals surface area contributed by atoms with Gasteiger partial charge in [-0.05, 0) is 31.7 Å². The third-order valence-electron chi connectivity index (χ3n) is 5.09. The van der Waals surface area contributed by atoms with Gasteiger partial charge < -0.3 is 5.32 Å². The molecule has 0 radical (unpaired) electrons. The highest BCUT2D eigenvalue weighted by Gasteiger charge is 2.27. The molecule has 0 unspecified atom stereocenters. The van der Waals surface area contributed by atoms with Crippen LogP contribution in [0.4, 0.5) is 14.6 Å². The number of likely N-dealkylation sites (tertiary alicyclic amines) is 1. The SMILES string of the molecule is Cn1cc(CN2CCC(Nc3ccnc(C4CC4)n3)CC2)c(C(F)F)n1. The lowest BCUT2D eigenvalue weighted by molar-refractivity contribution is 0.141. The van der Waals surface area contributed by atoms with E-state index in [2.05, 4.69) is 25.3 Å². The largest absolute Gasteiger partial charge is 0.367 e. The molecule has 3 heterocycles. The molecule has 4 rings (SSSR count). The zero-order valence-electron chi connectivity index (χ0n) is 14.9. The van der Waals surface area contributed by atoms with Crippen molar-refractivity contribution in [2.45, 2.75) is 50.6 Å². The minimum atomic E-state index is -2.52. The number of aromatic nitrogens is 4. The number of aryl methyl sites for hydroxylation is 1. The molecule has 26 heavy (non-hydrogen) atoms. The first kappa shape index (κ1) is 17.3. The Morgan fingerprint density at radius 3 is 2.69 bits per heavy atom. The van der Waals surface area contributed by atoms with Crippen molar-refractivity contribution in [3.05, 3.63) is 35.5 Å². The van der Waals surface area contributed by atoms with Crippen molar-refractivity contribution in [2.75, 3.05) is 18.4 Å². The number of hydrogen-bond acceptors (Lipinski definition) is 5. The van der Waals surface area contributed by atoms with E-state index >= 15 is 0 Å². The molecule has 0 amide bonds. The van der Waals surface area contributed by atoms with Crippen LogP contribution >= 0.6 is 0 Å². The number of hydrogen-bond donors (Lipinski definition) is 1. The van der Waals surface area contributed by atoms with E-state index in [0.29, 0.717) is 24.1 Å². The van der Waals surface area contributed by atoms with Crippen LogP contribution < -0.4 is 5.32 Å². The summed E-state index contributed by atoms with van der Waals surface area (Å²) in [7, 11) is 1.68. The van der Waals surface area contributed by atoms with E-state index in [0.717, 1.165) is 37.6 Å². The Kier molecular flexibility index (Phi) is 4.84. The quantitative estimate of drug-likeness (QED) is 0.856. The van der Waals surface area contributed by atoms with Gasteiger partial charge in [0, 0.05) is 56.6 Å². The van der Waals surface area contributed by atoms with Gasteiger partial charge >= 0.3 is 0 Å². The summed E-state index contributed by atoms with van der Waals surface area (Å²) < 4.78 is 27.6. The summed E-state index contributed by atoms with van der Waals surface area (Å²) in [6, 6.07) is 2.28. The number of nitrogens with one attached hydrogen (secondary N) is 1. The molecule has 0 bridgehead atoms. The van der Waals surface area contributed by atoms with Crippen molar-refractivity contribution in [3.8, 4) is 0 Å². The van der Waals surface area contributed by atoms with Gasteiger partial charge in [0.1, 0.15) is 17.3 Å². The normalized spacial score (nSPS) is 19.2. The summed E-state index contributed by atoms with van der Waals surface area (Å²) in [4.78, 5) is 11.2. The van der Waals surface area contributed by atoms with Gasteiger partial charge in [-0.15, -0.1) is 0 Å². The lowest BCUT2D eigenvalue weighted by Gasteiger charge is -2.32. The second-order valence-corrected chi connectivity index (χ2v) is 7.28. The van der Waals surface area contributed by atoms with Crippen molar-refractivity contribution in [1.82, 2.24) is 24.6 Å². The van der Waals surface area contributed by atoms with E-state index < -0.39 is 6.43 Å². The zero-order valence-corrected chi connectivity index (χ0v) is 14.9. The molecule has 6 nitrogen and oxygen atoms in total. The third-order valence-corrected chi connectivity index (χ3v) is 5.09. The molecule has 1 N–H and O–H groups in total. The van der Waals surface area contributed by atoms with Crippen LogP contribution in [0.1, 0.15) is 55.1 Å². The fourth-order valence-electron chi connectivity index (χ4n) is 3.54. The molecule has 2 fully saturated rings. The number of rotatable bonds is 6. The van der Waals surface area contributed by atoms with Gasteiger partial charge in [-0.2, -0.15) is 5.10 Å².